The Morgan fingerprint density at radius 2 is 1.82 bits per heavy atom. The van der Waals surface area contributed by atoms with E-state index in [1.54, 1.807) is 55.5 Å². The van der Waals surface area contributed by atoms with Crippen LogP contribution in [0.2, 0.25) is 0 Å². The third-order valence-corrected chi connectivity index (χ3v) is 3.38. The molecule has 0 aliphatic heterocycles. The van der Waals surface area contributed by atoms with Crippen LogP contribution in [0, 0.1) is 6.92 Å². The Morgan fingerprint density at radius 3 is 2.55 bits per heavy atom. The van der Waals surface area contributed by atoms with Gasteiger partial charge in [0.15, 0.2) is 11.4 Å². The Labute approximate surface area is 125 Å². The maximum atomic E-state index is 12.1. The minimum Gasteiger partial charge on any atom is -0.505 e. The van der Waals surface area contributed by atoms with Gasteiger partial charge in [0, 0.05) is 5.56 Å². The van der Waals surface area contributed by atoms with Gasteiger partial charge < -0.3 is 14.8 Å². The summed E-state index contributed by atoms with van der Waals surface area (Å²) in [6, 6.07) is 13.5. The van der Waals surface area contributed by atoms with Gasteiger partial charge in [-0.2, -0.15) is 0 Å². The Hall–Kier alpha value is -3.08. The van der Waals surface area contributed by atoms with Crippen LogP contribution in [-0.2, 0) is 0 Å². The molecule has 0 aliphatic carbocycles. The Bertz CT molecular complexity index is 913. The second-order valence-electron chi connectivity index (χ2n) is 4.88. The van der Waals surface area contributed by atoms with E-state index in [0.717, 1.165) is 5.56 Å². The molecule has 3 rings (SSSR count). The van der Waals surface area contributed by atoms with Crippen molar-refractivity contribution in [1.29, 1.82) is 0 Å². The van der Waals surface area contributed by atoms with Gasteiger partial charge in [-0.1, -0.05) is 30.3 Å². The van der Waals surface area contributed by atoms with Gasteiger partial charge in [-0.05, 0) is 30.7 Å². The molecule has 0 saturated carbocycles. The number of hydrogen-bond donors (Lipinski definition) is 2. The number of hydrogen-bond acceptors (Lipinski definition) is 4. The quantitative estimate of drug-likeness (QED) is 0.712. The summed E-state index contributed by atoms with van der Waals surface area (Å²) in [4.78, 5) is 24.2. The normalized spacial score (nSPS) is 10.6. The molecule has 3 aromatic rings. The average molecular weight is 295 g/mol. The van der Waals surface area contributed by atoms with Gasteiger partial charge in [0.25, 0.3) is 5.91 Å². The summed E-state index contributed by atoms with van der Waals surface area (Å²) in [6.45, 7) is 1.77. The first-order valence-corrected chi connectivity index (χ1v) is 6.69. The number of nitrogens with one attached hydrogen (secondary N) is 1. The molecule has 0 saturated heterocycles. The highest BCUT2D eigenvalue weighted by atomic mass is 16.4. The smallest absolute Gasteiger partial charge is 0.364 e. The third kappa shape index (κ3) is 2.33. The number of amides is 1. The van der Waals surface area contributed by atoms with Gasteiger partial charge in [-0.15, -0.1) is 0 Å². The van der Waals surface area contributed by atoms with E-state index in [4.69, 9.17) is 4.42 Å². The van der Waals surface area contributed by atoms with E-state index in [1.807, 2.05) is 0 Å². The van der Waals surface area contributed by atoms with E-state index < -0.39 is 11.5 Å². The summed E-state index contributed by atoms with van der Waals surface area (Å²) >= 11 is 0. The molecule has 0 bridgehead atoms. The van der Waals surface area contributed by atoms with E-state index in [2.05, 4.69) is 5.32 Å². The molecule has 22 heavy (non-hydrogen) atoms. The van der Waals surface area contributed by atoms with Gasteiger partial charge in [0.2, 0.25) is 0 Å². The topological polar surface area (TPSA) is 79.5 Å². The van der Waals surface area contributed by atoms with Gasteiger partial charge in [-0.25, -0.2) is 4.79 Å². The van der Waals surface area contributed by atoms with Crippen molar-refractivity contribution in [2.75, 3.05) is 5.32 Å². The first kappa shape index (κ1) is 13.9. The molecule has 1 aromatic heterocycles. The van der Waals surface area contributed by atoms with Crippen LogP contribution in [0.15, 0.2) is 57.7 Å². The van der Waals surface area contributed by atoms with E-state index >= 15 is 0 Å². The van der Waals surface area contributed by atoms with Crippen LogP contribution in [0.1, 0.15) is 15.9 Å². The summed E-state index contributed by atoms with van der Waals surface area (Å²) in [5.41, 5.74) is 0.370. The van der Waals surface area contributed by atoms with E-state index in [9.17, 15) is 14.7 Å². The standard InChI is InChI=1S/C17H13NO4/c1-10-6-5-9-12-14(19)13(17(21)22-15(10)12)18-16(20)11-7-3-2-4-8-11/h2-9,19H,1H3,(H,18,20). The lowest BCUT2D eigenvalue weighted by Gasteiger charge is -2.09. The number of rotatable bonds is 2. The SMILES string of the molecule is Cc1cccc2c(O)c(NC(=O)c3ccccc3)c(=O)oc12. The van der Waals surface area contributed by atoms with E-state index in [-0.39, 0.29) is 11.4 Å². The van der Waals surface area contributed by atoms with Crippen LogP contribution in [-0.4, -0.2) is 11.0 Å². The zero-order chi connectivity index (χ0) is 15.7. The maximum absolute atomic E-state index is 12.1. The van der Waals surface area contributed by atoms with Crippen molar-refractivity contribution in [2.45, 2.75) is 6.92 Å². The highest BCUT2D eigenvalue weighted by Crippen LogP contribution is 2.31. The maximum Gasteiger partial charge on any atom is 0.364 e. The van der Waals surface area contributed by atoms with Crippen molar-refractivity contribution < 1.29 is 14.3 Å². The number of anilines is 1. The zero-order valence-electron chi connectivity index (χ0n) is 11.8. The number of para-hydroxylation sites is 1. The lowest BCUT2D eigenvalue weighted by atomic mass is 10.1. The number of fused-ring (bicyclic) bond motifs is 1. The molecule has 0 fully saturated rings. The first-order chi connectivity index (χ1) is 10.6. The summed E-state index contributed by atoms with van der Waals surface area (Å²) in [6.07, 6.45) is 0. The van der Waals surface area contributed by atoms with Gasteiger partial charge in [-0.3, -0.25) is 4.79 Å². The average Bonchev–Trinajstić information content (AvgIpc) is 2.53. The number of carbonyl (C=O) groups excluding carboxylic acids is 1. The minimum atomic E-state index is -0.788. The van der Waals surface area contributed by atoms with Crippen LogP contribution in [0.25, 0.3) is 11.0 Å². The second kappa shape index (κ2) is 5.37. The van der Waals surface area contributed by atoms with Gasteiger partial charge in [0.05, 0.1) is 5.39 Å². The van der Waals surface area contributed by atoms with Crippen molar-refractivity contribution in [3.8, 4) is 5.75 Å². The lowest BCUT2D eigenvalue weighted by Crippen LogP contribution is -2.18. The Kier molecular flexibility index (Phi) is 3.39. The lowest BCUT2D eigenvalue weighted by molar-refractivity contribution is 0.102. The molecule has 110 valence electrons. The molecular formula is C17H13NO4. The van der Waals surface area contributed by atoms with Crippen molar-refractivity contribution in [3.63, 3.8) is 0 Å². The molecule has 1 amide bonds. The van der Waals surface area contributed by atoms with Crippen LogP contribution in [0.4, 0.5) is 5.69 Å². The molecule has 0 atom stereocenters. The Morgan fingerprint density at radius 1 is 1.09 bits per heavy atom. The molecule has 0 aliphatic rings. The highest BCUT2D eigenvalue weighted by molar-refractivity contribution is 6.06. The van der Waals surface area contributed by atoms with Crippen LogP contribution in [0.5, 0.6) is 5.75 Å². The number of benzene rings is 2. The molecule has 1 heterocycles. The van der Waals surface area contributed by atoms with E-state index in [1.165, 1.54) is 0 Å². The van der Waals surface area contributed by atoms with Crippen molar-refractivity contribution in [3.05, 3.63) is 70.1 Å². The second-order valence-corrected chi connectivity index (χ2v) is 4.88. The number of aryl methyl sites for hydroxylation is 1. The molecular weight excluding hydrogens is 282 g/mol. The molecule has 5 nitrogen and oxygen atoms in total. The minimum absolute atomic E-state index is 0.257. The molecule has 5 heteroatoms. The van der Waals surface area contributed by atoms with Crippen molar-refractivity contribution in [2.24, 2.45) is 0 Å². The largest absolute Gasteiger partial charge is 0.505 e. The predicted molar refractivity (Wildman–Crippen MR) is 83.3 cm³/mol. The fourth-order valence-corrected chi connectivity index (χ4v) is 2.23. The first-order valence-electron chi connectivity index (χ1n) is 6.69. The van der Waals surface area contributed by atoms with Crippen molar-refractivity contribution in [1.82, 2.24) is 0 Å². The van der Waals surface area contributed by atoms with Crippen molar-refractivity contribution >= 4 is 22.6 Å². The molecule has 2 aromatic carbocycles. The molecule has 0 unspecified atom stereocenters. The summed E-state index contributed by atoms with van der Waals surface area (Å²) in [5, 5.41) is 13.1. The third-order valence-electron chi connectivity index (χ3n) is 3.38. The zero-order valence-corrected chi connectivity index (χ0v) is 11.8. The van der Waals surface area contributed by atoms with Gasteiger partial charge >= 0.3 is 5.63 Å². The summed E-state index contributed by atoms with van der Waals surface area (Å²) in [5.74, 6) is -0.783. The van der Waals surface area contributed by atoms with Crippen LogP contribution < -0.4 is 10.9 Å². The van der Waals surface area contributed by atoms with E-state index in [0.29, 0.717) is 16.5 Å². The number of carbonyl (C=O) groups is 1. The summed E-state index contributed by atoms with van der Waals surface area (Å²) in [7, 11) is 0. The fraction of sp³-hybridized carbons (Fsp3) is 0.0588. The predicted octanol–water partition coefficient (Wildman–Crippen LogP) is 3.06. The van der Waals surface area contributed by atoms with Crippen LogP contribution in [0.3, 0.4) is 0 Å². The fourth-order valence-electron chi connectivity index (χ4n) is 2.23. The molecule has 0 radical (unpaired) electrons. The van der Waals surface area contributed by atoms with Gasteiger partial charge in [0.1, 0.15) is 5.58 Å². The molecule has 2 N–H and O–H groups in total. The summed E-state index contributed by atoms with van der Waals surface area (Å²) < 4.78 is 5.21. The number of aromatic hydroxyl groups is 1. The van der Waals surface area contributed by atoms with Crippen LogP contribution >= 0.6 is 0 Å². The Balaban J connectivity index is 2.08. The monoisotopic (exact) mass is 295 g/mol. The molecule has 0 spiro atoms. The highest BCUT2D eigenvalue weighted by Gasteiger charge is 2.17.